The van der Waals surface area contributed by atoms with Crippen molar-refractivity contribution in [1.82, 2.24) is 14.7 Å². The van der Waals surface area contributed by atoms with Crippen LogP contribution in [0.5, 0.6) is 0 Å². The zero-order valence-corrected chi connectivity index (χ0v) is 16.9. The van der Waals surface area contributed by atoms with Gasteiger partial charge in [-0.05, 0) is 37.0 Å². The molecule has 0 bridgehead atoms. The number of rotatable bonds is 4. The normalized spacial score (nSPS) is 19.0. The van der Waals surface area contributed by atoms with E-state index in [1.807, 2.05) is 70.5 Å². The maximum Gasteiger partial charge on any atom is 0.253 e. The molecule has 0 aromatic heterocycles. The summed E-state index contributed by atoms with van der Waals surface area (Å²) in [6.45, 7) is 4.41. The summed E-state index contributed by atoms with van der Waals surface area (Å²) >= 11 is 0. The van der Waals surface area contributed by atoms with Crippen LogP contribution >= 0.6 is 0 Å². The first kappa shape index (κ1) is 19.6. The highest BCUT2D eigenvalue weighted by molar-refractivity contribution is 5.94. The Labute approximate surface area is 172 Å². The zero-order chi connectivity index (χ0) is 20.1. The number of amides is 2. The lowest BCUT2D eigenvalue weighted by Crippen LogP contribution is -2.53. The third-order valence-corrected chi connectivity index (χ3v) is 6.00. The molecule has 2 aromatic rings. The van der Waals surface area contributed by atoms with E-state index in [4.69, 9.17) is 0 Å². The SMILES string of the molecule is O=C(c1ccccc1)N1CCN([C@@H](C(=O)N2CCCCC2)c2ccccc2)CC1. The van der Waals surface area contributed by atoms with Crippen molar-refractivity contribution in [2.75, 3.05) is 39.3 Å². The van der Waals surface area contributed by atoms with E-state index in [-0.39, 0.29) is 17.9 Å². The molecule has 1 atom stereocenters. The predicted molar refractivity (Wildman–Crippen MR) is 114 cm³/mol. The summed E-state index contributed by atoms with van der Waals surface area (Å²) in [6.07, 6.45) is 3.39. The molecular weight excluding hydrogens is 362 g/mol. The van der Waals surface area contributed by atoms with E-state index in [1.165, 1.54) is 6.42 Å². The highest BCUT2D eigenvalue weighted by Crippen LogP contribution is 2.26. The Bertz CT molecular complexity index is 811. The van der Waals surface area contributed by atoms with Gasteiger partial charge in [-0.25, -0.2) is 0 Å². The monoisotopic (exact) mass is 391 g/mol. The molecule has 0 unspecified atom stereocenters. The van der Waals surface area contributed by atoms with Crippen LogP contribution in [-0.4, -0.2) is 65.8 Å². The summed E-state index contributed by atoms with van der Waals surface area (Å²) in [5.41, 5.74) is 1.77. The van der Waals surface area contributed by atoms with Crippen molar-refractivity contribution >= 4 is 11.8 Å². The Morgan fingerprint density at radius 3 is 1.86 bits per heavy atom. The fraction of sp³-hybridized carbons (Fsp3) is 0.417. The molecule has 0 radical (unpaired) electrons. The zero-order valence-electron chi connectivity index (χ0n) is 16.9. The molecule has 152 valence electrons. The van der Waals surface area contributed by atoms with Crippen LogP contribution in [0, 0.1) is 0 Å². The third-order valence-electron chi connectivity index (χ3n) is 6.00. The van der Waals surface area contributed by atoms with Crippen LogP contribution in [0.25, 0.3) is 0 Å². The van der Waals surface area contributed by atoms with Gasteiger partial charge in [0.1, 0.15) is 6.04 Å². The van der Waals surface area contributed by atoms with Crippen LogP contribution in [0.1, 0.15) is 41.2 Å². The second-order valence-corrected chi connectivity index (χ2v) is 7.89. The van der Waals surface area contributed by atoms with E-state index in [9.17, 15) is 9.59 Å². The van der Waals surface area contributed by atoms with Crippen LogP contribution in [0.2, 0.25) is 0 Å². The Hall–Kier alpha value is -2.66. The van der Waals surface area contributed by atoms with Crippen molar-refractivity contribution in [3.8, 4) is 0 Å². The molecule has 2 aromatic carbocycles. The Balaban J connectivity index is 1.48. The maximum atomic E-state index is 13.4. The van der Waals surface area contributed by atoms with Crippen LogP contribution in [0.4, 0.5) is 0 Å². The minimum atomic E-state index is -0.261. The Morgan fingerprint density at radius 1 is 0.655 bits per heavy atom. The van der Waals surface area contributed by atoms with Crippen molar-refractivity contribution < 1.29 is 9.59 Å². The smallest absolute Gasteiger partial charge is 0.253 e. The lowest BCUT2D eigenvalue weighted by atomic mass is 10.0. The molecule has 0 aliphatic carbocycles. The third kappa shape index (κ3) is 4.51. The number of piperidine rings is 1. The molecule has 2 amide bonds. The number of hydrogen-bond donors (Lipinski definition) is 0. The molecule has 2 aliphatic heterocycles. The molecular formula is C24H29N3O2. The standard InChI is InChI=1S/C24H29N3O2/c28-23(21-12-6-2-7-13-21)27-18-16-25(17-19-27)22(20-10-4-1-5-11-20)24(29)26-14-8-3-9-15-26/h1-2,4-7,10-13,22H,3,8-9,14-19H2/t22-/m1/s1. The minimum absolute atomic E-state index is 0.0730. The highest BCUT2D eigenvalue weighted by atomic mass is 16.2. The molecule has 4 rings (SSSR count). The van der Waals surface area contributed by atoms with Gasteiger partial charge in [-0.1, -0.05) is 48.5 Å². The number of benzene rings is 2. The van der Waals surface area contributed by atoms with E-state index in [2.05, 4.69) is 4.90 Å². The number of nitrogens with zero attached hydrogens (tertiary/aromatic N) is 3. The van der Waals surface area contributed by atoms with Crippen LogP contribution in [-0.2, 0) is 4.79 Å². The van der Waals surface area contributed by atoms with Gasteiger partial charge in [0, 0.05) is 44.8 Å². The largest absolute Gasteiger partial charge is 0.341 e. The van der Waals surface area contributed by atoms with Crippen LogP contribution < -0.4 is 0 Å². The summed E-state index contributed by atoms with van der Waals surface area (Å²) in [6, 6.07) is 19.3. The minimum Gasteiger partial charge on any atom is -0.341 e. The summed E-state index contributed by atoms with van der Waals surface area (Å²) in [5, 5.41) is 0. The molecule has 2 aliphatic rings. The van der Waals surface area contributed by atoms with E-state index in [0.29, 0.717) is 26.2 Å². The second kappa shape index (κ2) is 9.23. The van der Waals surface area contributed by atoms with Gasteiger partial charge in [0.05, 0.1) is 0 Å². The lowest BCUT2D eigenvalue weighted by molar-refractivity contribution is -0.138. The summed E-state index contributed by atoms with van der Waals surface area (Å²) in [4.78, 5) is 32.4. The molecule has 0 saturated carbocycles. The van der Waals surface area contributed by atoms with Crippen molar-refractivity contribution in [2.45, 2.75) is 25.3 Å². The second-order valence-electron chi connectivity index (χ2n) is 7.89. The Kier molecular flexibility index (Phi) is 6.25. The molecule has 5 heteroatoms. The summed E-state index contributed by atoms with van der Waals surface area (Å²) < 4.78 is 0. The number of likely N-dealkylation sites (tertiary alicyclic amines) is 1. The van der Waals surface area contributed by atoms with E-state index in [1.54, 1.807) is 0 Å². The number of hydrogen-bond acceptors (Lipinski definition) is 3. The quantitative estimate of drug-likeness (QED) is 0.804. The van der Waals surface area contributed by atoms with Crippen molar-refractivity contribution in [2.24, 2.45) is 0 Å². The van der Waals surface area contributed by atoms with Gasteiger partial charge < -0.3 is 9.80 Å². The fourth-order valence-electron chi connectivity index (χ4n) is 4.38. The molecule has 5 nitrogen and oxygen atoms in total. The van der Waals surface area contributed by atoms with Crippen molar-refractivity contribution in [1.29, 1.82) is 0 Å². The van der Waals surface area contributed by atoms with Gasteiger partial charge in [0.2, 0.25) is 5.91 Å². The highest BCUT2D eigenvalue weighted by Gasteiger charge is 2.34. The first-order valence-electron chi connectivity index (χ1n) is 10.7. The van der Waals surface area contributed by atoms with Gasteiger partial charge in [0.25, 0.3) is 5.91 Å². The molecule has 2 fully saturated rings. The topological polar surface area (TPSA) is 43.9 Å². The van der Waals surface area contributed by atoms with Gasteiger partial charge in [-0.3, -0.25) is 14.5 Å². The van der Waals surface area contributed by atoms with E-state index < -0.39 is 0 Å². The van der Waals surface area contributed by atoms with Gasteiger partial charge in [0.15, 0.2) is 0 Å². The van der Waals surface area contributed by atoms with Gasteiger partial charge >= 0.3 is 0 Å². The molecule has 29 heavy (non-hydrogen) atoms. The average molecular weight is 392 g/mol. The van der Waals surface area contributed by atoms with Gasteiger partial charge in [-0.15, -0.1) is 0 Å². The van der Waals surface area contributed by atoms with Crippen molar-refractivity contribution in [3.05, 3.63) is 71.8 Å². The number of carbonyl (C=O) groups is 2. The summed E-state index contributed by atoms with van der Waals surface area (Å²) in [5.74, 6) is 0.280. The fourth-order valence-corrected chi connectivity index (χ4v) is 4.38. The van der Waals surface area contributed by atoms with E-state index >= 15 is 0 Å². The number of carbonyl (C=O) groups excluding carboxylic acids is 2. The number of piperazine rings is 1. The maximum absolute atomic E-state index is 13.4. The predicted octanol–water partition coefficient (Wildman–Crippen LogP) is 3.20. The van der Waals surface area contributed by atoms with E-state index in [0.717, 1.165) is 37.1 Å². The molecule has 2 heterocycles. The summed E-state index contributed by atoms with van der Waals surface area (Å²) in [7, 11) is 0. The first-order valence-corrected chi connectivity index (χ1v) is 10.7. The van der Waals surface area contributed by atoms with Crippen molar-refractivity contribution in [3.63, 3.8) is 0 Å². The average Bonchev–Trinajstić information content (AvgIpc) is 2.81. The first-order chi connectivity index (χ1) is 14.2. The van der Waals surface area contributed by atoms with Crippen LogP contribution in [0.3, 0.4) is 0 Å². The molecule has 0 spiro atoms. The lowest BCUT2D eigenvalue weighted by Gasteiger charge is -2.41. The Morgan fingerprint density at radius 2 is 1.24 bits per heavy atom. The molecule has 0 N–H and O–H groups in total. The van der Waals surface area contributed by atoms with Crippen LogP contribution in [0.15, 0.2) is 60.7 Å². The van der Waals surface area contributed by atoms with Gasteiger partial charge in [-0.2, -0.15) is 0 Å². The molecule has 2 saturated heterocycles.